The molecule has 0 radical (unpaired) electrons. The number of aryl methyl sites for hydroxylation is 3. The third kappa shape index (κ3) is 2.46. The predicted molar refractivity (Wildman–Crippen MR) is 74.8 cm³/mol. The van der Waals surface area contributed by atoms with E-state index >= 15 is 0 Å². The number of benzene rings is 1. The molecule has 1 unspecified atom stereocenters. The summed E-state index contributed by atoms with van der Waals surface area (Å²) in [6, 6.07) is 4.66. The van der Waals surface area contributed by atoms with Crippen LogP contribution in [-0.2, 0) is 0 Å². The van der Waals surface area contributed by atoms with Crippen LogP contribution in [0.4, 0.5) is 0 Å². The molecule has 0 aliphatic rings. The summed E-state index contributed by atoms with van der Waals surface area (Å²) >= 11 is 0. The Morgan fingerprint density at radius 2 is 1.89 bits per heavy atom. The van der Waals surface area contributed by atoms with E-state index in [1.807, 2.05) is 6.20 Å². The quantitative estimate of drug-likeness (QED) is 0.866. The molecule has 1 aromatic carbocycles. The first-order chi connectivity index (χ1) is 8.63. The molecule has 0 amide bonds. The van der Waals surface area contributed by atoms with Crippen LogP contribution in [-0.4, -0.2) is 16.5 Å². The van der Waals surface area contributed by atoms with E-state index in [-0.39, 0.29) is 6.04 Å². The number of aromatic nitrogens is 2. The van der Waals surface area contributed by atoms with Crippen LogP contribution in [0.1, 0.15) is 41.0 Å². The molecule has 0 aliphatic carbocycles. The molecule has 3 nitrogen and oxygen atoms in total. The van der Waals surface area contributed by atoms with Gasteiger partial charge < -0.3 is 10.3 Å². The standard InChI is InChI=1S/C15H21N3/c1-5-16-14(15-17-6-7-18-15)13-9-11(3)10(2)8-12(13)4/h6-9,14,16H,5H2,1-4H3,(H,17,18). The summed E-state index contributed by atoms with van der Waals surface area (Å²) in [6.07, 6.45) is 3.67. The number of aromatic amines is 1. The molecule has 2 rings (SSSR count). The largest absolute Gasteiger partial charge is 0.347 e. The van der Waals surface area contributed by atoms with Crippen molar-refractivity contribution >= 4 is 0 Å². The molecule has 96 valence electrons. The van der Waals surface area contributed by atoms with Crippen molar-refractivity contribution in [2.24, 2.45) is 0 Å². The molecule has 0 saturated carbocycles. The summed E-state index contributed by atoms with van der Waals surface area (Å²) in [7, 11) is 0. The fraction of sp³-hybridized carbons (Fsp3) is 0.400. The summed E-state index contributed by atoms with van der Waals surface area (Å²) in [6.45, 7) is 9.50. The Balaban J connectivity index is 2.46. The van der Waals surface area contributed by atoms with Crippen LogP contribution in [0.2, 0.25) is 0 Å². The van der Waals surface area contributed by atoms with E-state index < -0.39 is 0 Å². The van der Waals surface area contributed by atoms with Gasteiger partial charge in [-0.05, 0) is 49.6 Å². The van der Waals surface area contributed by atoms with Crippen LogP contribution >= 0.6 is 0 Å². The molecule has 18 heavy (non-hydrogen) atoms. The molecule has 3 heteroatoms. The summed E-state index contributed by atoms with van der Waals surface area (Å²) < 4.78 is 0. The number of nitrogens with one attached hydrogen (secondary N) is 2. The third-order valence-electron chi connectivity index (χ3n) is 3.39. The van der Waals surface area contributed by atoms with Crippen LogP contribution in [0, 0.1) is 20.8 Å². The Labute approximate surface area is 109 Å². The maximum Gasteiger partial charge on any atom is 0.127 e. The fourth-order valence-corrected chi connectivity index (χ4v) is 2.29. The van der Waals surface area contributed by atoms with Gasteiger partial charge in [0.25, 0.3) is 0 Å². The molecular formula is C15H21N3. The average Bonchev–Trinajstić information content (AvgIpc) is 2.85. The van der Waals surface area contributed by atoms with Crippen molar-refractivity contribution in [2.75, 3.05) is 6.54 Å². The number of rotatable bonds is 4. The van der Waals surface area contributed by atoms with Crippen molar-refractivity contribution in [2.45, 2.75) is 33.7 Å². The Morgan fingerprint density at radius 1 is 1.17 bits per heavy atom. The van der Waals surface area contributed by atoms with E-state index in [0.717, 1.165) is 12.4 Å². The van der Waals surface area contributed by atoms with Crippen LogP contribution in [0.3, 0.4) is 0 Å². The van der Waals surface area contributed by atoms with Crippen molar-refractivity contribution in [3.8, 4) is 0 Å². The first kappa shape index (κ1) is 12.8. The van der Waals surface area contributed by atoms with Gasteiger partial charge in [-0.25, -0.2) is 4.98 Å². The molecule has 1 aromatic heterocycles. The summed E-state index contributed by atoms with van der Waals surface area (Å²) in [5, 5.41) is 3.50. The lowest BCUT2D eigenvalue weighted by Gasteiger charge is -2.20. The van der Waals surface area contributed by atoms with Gasteiger partial charge >= 0.3 is 0 Å². The highest BCUT2D eigenvalue weighted by Gasteiger charge is 2.17. The van der Waals surface area contributed by atoms with Gasteiger partial charge in [0.1, 0.15) is 5.82 Å². The van der Waals surface area contributed by atoms with Gasteiger partial charge in [0.2, 0.25) is 0 Å². The van der Waals surface area contributed by atoms with Crippen molar-refractivity contribution in [1.82, 2.24) is 15.3 Å². The average molecular weight is 243 g/mol. The fourth-order valence-electron chi connectivity index (χ4n) is 2.29. The number of H-pyrrole nitrogens is 1. The second-order valence-corrected chi connectivity index (χ2v) is 4.76. The zero-order chi connectivity index (χ0) is 13.1. The van der Waals surface area contributed by atoms with E-state index in [4.69, 9.17) is 0 Å². The highest BCUT2D eigenvalue weighted by atomic mass is 15.0. The number of imidazole rings is 1. The van der Waals surface area contributed by atoms with Gasteiger partial charge in [0.05, 0.1) is 6.04 Å². The Kier molecular flexibility index (Phi) is 3.82. The van der Waals surface area contributed by atoms with Crippen molar-refractivity contribution in [1.29, 1.82) is 0 Å². The Bertz CT molecular complexity index is 515. The molecule has 2 N–H and O–H groups in total. The van der Waals surface area contributed by atoms with E-state index in [0.29, 0.717) is 0 Å². The van der Waals surface area contributed by atoms with Gasteiger partial charge in [-0.3, -0.25) is 0 Å². The second kappa shape index (κ2) is 5.36. The minimum absolute atomic E-state index is 0.143. The maximum absolute atomic E-state index is 4.39. The van der Waals surface area contributed by atoms with Crippen molar-refractivity contribution in [3.63, 3.8) is 0 Å². The summed E-state index contributed by atoms with van der Waals surface area (Å²) in [5.41, 5.74) is 5.27. The van der Waals surface area contributed by atoms with Crippen LogP contribution in [0.15, 0.2) is 24.5 Å². The van der Waals surface area contributed by atoms with Gasteiger partial charge in [-0.15, -0.1) is 0 Å². The van der Waals surface area contributed by atoms with E-state index in [1.54, 1.807) is 6.20 Å². The first-order valence-electron chi connectivity index (χ1n) is 6.44. The molecule has 0 spiro atoms. The monoisotopic (exact) mass is 243 g/mol. The van der Waals surface area contributed by atoms with Gasteiger partial charge in [-0.2, -0.15) is 0 Å². The van der Waals surface area contributed by atoms with Gasteiger partial charge in [0, 0.05) is 12.4 Å². The Hall–Kier alpha value is -1.61. The molecule has 2 aromatic rings. The van der Waals surface area contributed by atoms with Crippen LogP contribution in [0.5, 0.6) is 0 Å². The summed E-state index contributed by atoms with van der Waals surface area (Å²) in [5.74, 6) is 0.975. The van der Waals surface area contributed by atoms with E-state index in [2.05, 4.69) is 55.1 Å². The lowest BCUT2D eigenvalue weighted by Crippen LogP contribution is -2.24. The van der Waals surface area contributed by atoms with Gasteiger partial charge in [-0.1, -0.05) is 19.1 Å². The smallest absolute Gasteiger partial charge is 0.127 e. The van der Waals surface area contributed by atoms with Gasteiger partial charge in [0.15, 0.2) is 0 Å². The van der Waals surface area contributed by atoms with E-state index in [9.17, 15) is 0 Å². The van der Waals surface area contributed by atoms with Crippen molar-refractivity contribution in [3.05, 3.63) is 52.6 Å². The topological polar surface area (TPSA) is 40.7 Å². The number of hydrogen-bond donors (Lipinski definition) is 2. The molecular weight excluding hydrogens is 222 g/mol. The minimum Gasteiger partial charge on any atom is -0.347 e. The lowest BCUT2D eigenvalue weighted by atomic mass is 9.95. The van der Waals surface area contributed by atoms with E-state index in [1.165, 1.54) is 22.3 Å². The normalized spacial score (nSPS) is 12.7. The second-order valence-electron chi connectivity index (χ2n) is 4.76. The lowest BCUT2D eigenvalue weighted by molar-refractivity contribution is 0.600. The SMILES string of the molecule is CCNC(c1ncc[nH]1)c1cc(C)c(C)cc1C. The van der Waals surface area contributed by atoms with Crippen LogP contribution < -0.4 is 5.32 Å². The number of nitrogens with zero attached hydrogens (tertiary/aromatic N) is 1. The third-order valence-corrected chi connectivity index (χ3v) is 3.39. The zero-order valence-electron chi connectivity index (χ0n) is 11.5. The highest BCUT2D eigenvalue weighted by molar-refractivity contribution is 5.40. The maximum atomic E-state index is 4.39. The first-order valence-corrected chi connectivity index (χ1v) is 6.44. The minimum atomic E-state index is 0.143. The molecule has 1 heterocycles. The summed E-state index contributed by atoms with van der Waals surface area (Å²) in [4.78, 5) is 7.59. The Morgan fingerprint density at radius 3 is 2.50 bits per heavy atom. The number of hydrogen-bond acceptors (Lipinski definition) is 2. The molecule has 0 fully saturated rings. The van der Waals surface area contributed by atoms with Crippen molar-refractivity contribution < 1.29 is 0 Å². The predicted octanol–water partition coefficient (Wildman–Crippen LogP) is 3.03. The molecule has 0 bridgehead atoms. The molecule has 0 saturated heterocycles. The highest BCUT2D eigenvalue weighted by Crippen LogP contribution is 2.25. The molecule has 0 aliphatic heterocycles. The zero-order valence-corrected chi connectivity index (χ0v) is 11.5. The molecule has 1 atom stereocenters. The van der Waals surface area contributed by atoms with Crippen LogP contribution in [0.25, 0.3) is 0 Å².